The van der Waals surface area contributed by atoms with E-state index < -0.39 is 5.41 Å². The van der Waals surface area contributed by atoms with Gasteiger partial charge in [0.05, 0.1) is 0 Å². The van der Waals surface area contributed by atoms with Gasteiger partial charge in [0.15, 0.2) is 0 Å². The molecule has 1 aromatic heterocycles. The number of carbonyl (C=O) groups excluding carboxylic acids is 2. The van der Waals surface area contributed by atoms with Crippen LogP contribution in [0.15, 0.2) is 6.20 Å². The zero-order valence-corrected chi connectivity index (χ0v) is 26.8. The van der Waals surface area contributed by atoms with Crippen LogP contribution in [0.1, 0.15) is 137 Å². The van der Waals surface area contributed by atoms with Crippen LogP contribution in [-0.4, -0.2) is 28.8 Å². The van der Waals surface area contributed by atoms with Crippen LogP contribution in [0.4, 0.5) is 5.82 Å². The molecule has 1 heterocycles. The van der Waals surface area contributed by atoms with Gasteiger partial charge in [0, 0.05) is 29.3 Å². The second-order valence-corrected chi connectivity index (χ2v) is 14.7. The first-order chi connectivity index (χ1) is 17.5. The van der Waals surface area contributed by atoms with Crippen molar-refractivity contribution in [1.82, 2.24) is 4.98 Å². The smallest absolute Gasteiger partial charge is 0.342 e. The van der Waals surface area contributed by atoms with Crippen LogP contribution >= 0.6 is 11.6 Å². The van der Waals surface area contributed by atoms with E-state index in [9.17, 15) is 9.59 Å². The molecule has 0 saturated heterocycles. The second kappa shape index (κ2) is 12.8. The predicted octanol–water partition coefficient (Wildman–Crippen LogP) is 9.18. The molecule has 1 fully saturated rings. The molecule has 1 saturated carbocycles. The lowest BCUT2D eigenvalue weighted by atomic mass is 9.59. The molecule has 2 N–H and O–H groups in total. The highest BCUT2D eigenvalue weighted by Crippen LogP contribution is 2.50. The van der Waals surface area contributed by atoms with Gasteiger partial charge in [0.25, 0.3) is 0 Å². The van der Waals surface area contributed by atoms with Crippen LogP contribution in [0.2, 0.25) is 0 Å². The number of ether oxygens (including phenoxy) is 1. The standard InChI is InChI=1S/C32H55ClN2O3/c1-12-32(13-2,15-14-16-33)29(37)35-27-25(22(19-34-27)20(3)4)28(36)38-26-23(30(6,7)8)17-21(5)18-24(26)31(9,10)11/h19-21,23-24,26,34H,12-18H2,1-11H3,(H,35,37). The molecule has 0 spiro atoms. The molecule has 6 heteroatoms. The summed E-state index contributed by atoms with van der Waals surface area (Å²) in [6.07, 6.45) is 6.65. The average molecular weight is 551 g/mol. The van der Waals surface area contributed by atoms with Crippen LogP contribution in [0.25, 0.3) is 0 Å². The van der Waals surface area contributed by atoms with Gasteiger partial charge in [0.1, 0.15) is 17.5 Å². The summed E-state index contributed by atoms with van der Waals surface area (Å²) in [4.78, 5) is 30.9. The monoisotopic (exact) mass is 550 g/mol. The SMILES string of the molecule is CCC(CC)(CCCCl)C(=O)Nc1[nH]cc(C(C)C)c1C(=O)OC1C(C(C)(C)C)CC(C)CC1C(C)(C)C. The van der Waals surface area contributed by atoms with E-state index in [1.165, 1.54) is 0 Å². The molecule has 2 rings (SSSR count). The number of amides is 1. The van der Waals surface area contributed by atoms with Crippen molar-refractivity contribution >= 4 is 29.3 Å². The minimum atomic E-state index is -0.520. The first-order valence-electron chi connectivity index (χ1n) is 14.8. The van der Waals surface area contributed by atoms with Crippen molar-refractivity contribution in [3.05, 3.63) is 17.3 Å². The van der Waals surface area contributed by atoms with Crippen LogP contribution in [0.5, 0.6) is 0 Å². The molecule has 0 bridgehead atoms. The maximum absolute atomic E-state index is 14.1. The first kappa shape index (κ1) is 32.7. The molecular weight excluding hydrogens is 496 g/mol. The minimum Gasteiger partial charge on any atom is -0.458 e. The number of rotatable bonds is 10. The number of hydrogen-bond donors (Lipinski definition) is 2. The van der Waals surface area contributed by atoms with Gasteiger partial charge >= 0.3 is 5.97 Å². The van der Waals surface area contributed by atoms with Gasteiger partial charge in [-0.3, -0.25) is 4.79 Å². The van der Waals surface area contributed by atoms with Gasteiger partial charge in [-0.2, -0.15) is 0 Å². The summed E-state index contributed by atoms with van der Waals surface area (Å²) < 4.78 is 6.55. The lowest BCUT2D eigenvalue weighted by Gasteiger charge is -2.50. The van der Waals surface area contributed by atoms with Gasteiger partial charge < -0.3 is 15.0 Å². The normalized spacial score (nSPS) is 23.0. The molecule has 218 valence electrons. The molecule has 2 unspecified atom stereocenters. The average Bonchev–Trinajstić information content (AvgIpc) is 3.23. The Kier molecular flexibility index (Phi) is 11.0. The van der Waals surface area contributed by atoms with Crippen molar-refractivity contribution < 1.29 is 14.3 Å². The van der Waals surface area contributed by atoms with Crippen LogP contribution in [0, 0.1) is 34.0 Å². The minimum absolute atomic E-state index is 0.00344. The first-order valence-corrected chi connectivity index (χ1v) is 15.3. The lowest BCUT2D eigenvalue weighted by Crippen LogP contribution is -2.49. The Balaban J connectivity index is 2.49. The molecule has 38 heavy (non-hydrogen) atoms. The lowest BCUT2D eigenvalue weighted by molar-refractivity contribution is -0.126. The van der Waals surface area contributed by atoms with Gasteiger partial charge in [-0.05, 0) is 66.8 Å². The summed E-state index contributed by atoms with van der Waals surface area (Å²) in [7, 11) is 0. The fourth-order valence-electron chi connectivity index (χ4n) is 6.45. The summed E-state index contributed by atoms with van der Waals surface area (Å²) in [6, 6.07) is 0. The summed E-state index contributed by atoms with van der Waals surface area (Å²) in [5.41, 5.74) is 0.819. The summed E-state index contributed by atoms with van der Waals surface area (Å²) in [6.45, 7) is 24.1. The van der Waals surface area contributed by atoms with Gasteiger partial charge in [-0.25, -0.2) is 4.79 Å². The number of alkyl halides is 1. The fourth-order valence-corrected chi connectivity index (χ4v) is 6.59. The molecular formula is C32H55ClN2O3. The van der Waals surface area contributed by atoms with Crippen molar-refractivity contribution in [2.24, 2.45) is 34.0 Å². The number of nitrogens with one attached hydrogen (secondary N) is 2. The number of carbonyl (C=O) groups is 2. The molecule has 2 atom stereocenters. The molecule has 0 aromatic carbocycles. The quantitative estimate of drug-likeness (QED) is 0.225. The Labute approximate surface area is 237 Å². The van der Waals surface area contributed by atoms with Crippen molar-refractivity contribution in [2.75, 3.05) is 11.2 Å². The Morgan fingerprint density at radius 1 is 1.05 bits per heavy atom. The number of hydrogen-bond acceptors (Lipinski definition) is 3. The maximum atomic E-state index is 14.1. The van der Waals surface area contributed by atoms with Gasteiger partial charge in [-0.1, -0.05) is 76.2 Å². The van der Waals surface area contributed by atoms with E-state index in [2.05, 4.69) is 72.6 Å². The molecule has 1 aromatic rings. The van der Waals surface area contributed by atoms with E-state index in [0.717, 1.165) is 24.8 Å². The van der Waals surface area contributed by atoms with Crippen molar-refractivity contribution in [2.45, 2.75) is 127 Å². The molecule has 0 radical (unpaired) electrons. The molecule has 1 aliphatic carbocycles. The number of anilines is 1. The predicted molar refractivity (Wildman–Crippen MR) is 160 cm³/mol. The van der Waals surface area contributed by atoms with Crippen molar-refractivity contribution in [3.8, 4) is 0 Å². The Bertz CT molecular complexity index is 909. The van der Waals surface area contributed by atoms with Crippen molar-refractivity contribution in [3.63, 3.8) is 0 Å². The largest absolute Gasteiger partial charge is 0.458 e. The van der Waals surface area contributed by atoms with Crippen LogP contribution in [-0.2, 0) is 9.53 Å². The molecule has 5 nitrogen and oxygen atoms in total. The number of halogens is 1. The number of aromatic nitrogens is 1. The second-order valence-electron chi connectivity index (χ2n) is 14.3. The van der Waals surface area contributed by atoms with Crippen molar-refractivity contribution in [1.29, 1.82) is 0 Å². The Morgan fingerprint density at radius 2 is 1.58 bits per heavy atom. The van der Waals surface area contributed by atoms with E-state index in [1.54, 1.807) is 0 Å². The van der Waals surface area contributed by atoms with Crippen LogP contribution in [0.3, 0.4) is 0 Å². The molecule has 0 aliphatic heterocycles. The number of esters is 1. The third-order valence-corrected chi connectivity index (χ3v) is 9.44. The Morgan fingerprint density at radius 3 is 2.00 bits per heavy atom. The van der Waals surface area contributed by atoms with Crippen LogP contribution < -0.4 is 5.32 Å². The van der Waals surface area contributed by atoms with Gasteiger partial charge in [0.2, 0.25) is 5.91 Å². The van der Waals surface area contributed by atoms with E-state index in [0.29, 0.717) is 42.4 Å². The van der Waals surface area contributed by atoms with E-state index in [4.69, 9.17) is 16.3 Å². The summed E-state index contributed by atoms with van der Waals surface area (Å²) >= 11 is 5.98. The van der Waals surface area contributed by atoms with Gasteiger partial charge in [-0.15, -0.1) is 11.6 Å². The van der Waals surface area contributed by atoms with E-state index in [-0.39, 0.29) is 46.6 Å². The summed E-state index contributed by atoms with van der Waals surface area (Å²) in [5, 5.41) is 3.11. The van der Waals surface area contributed by atoms with E-state index >= 15 is 0 Å². The summed E-state index contributed by atoms with van der Waals surface area (Å²) in [5.74, 6) is 1.75. The third-order valence-electron chi connectivity index (χ3n) is 9.17. The number of H-pyrrole nitrogens is 1. The molecule has 1 aliphatic rings. The maximum Gasteiger partial charge on any atom is 0.342 e. The highest BCUT2D eigenvalue weighted by atomic mass is 35.5. The highest BCUT2D eigenvalue weighted by molar-refractivity contribution is 6.17. The number of aromatic amines is 1. The van der Waals surface area contributed by atoms with E-state index in [1.807, 2.05) is 20.0 Å². The fraction of sp³-hybridized carbons (Fsp3) is 0.812. The molecule has 1 amide bonds. The highest BCUT2D eigenvalue weighted by Gasteiger charge is 2.48. The zero-order chi connectivity index (χ0) is 29.1. The zero-order valence-electron chi connectivity index (χ0n) is 26.0. The third kappa shape index (κ3) is 7.37. The Hall–Kier alpha value is -1.49. The topological polar surface area (TPSA) is 71.2 Å².